The molecule has 0 bridgehead atoms. The molecule has 1 fully saturated rings. The largest absolute Gasteiger partial charge is 0.342 e. The Balaban J connectivity index is 1.44. The van der Waals surface area contributed by atoms with Gasteiger partial charge in [-0.25, -0.2) is 4.99 Å². The summed E-state index contributed by atoms with van der Waals surface area (Å²) in [6.07, 6.45) is 2.84. The highest BCUT2D eigenvalue weighted by Gasteiger charge is 2.30. The fourth-order valence-corrected chi connectivity index (χ4v) is 4.34. The number of benzene rings is 1. The third-order valence-corrected chi connectivity index (χ3v) is 5.50. The van der Waals surface area contributed by atoms with E-state index in [0.717, 1.165) is 36.2 Å². The molecule has 4 rings (SSSR count). The molecule has 1 unspecified atom stereocenters. The maximum absolute atomic E-state index is 13.3. The summed E-state index contributed by atoms with van der Waals surface area (Å²) in [5.74, 6) is 0.197. The first-order valence-electron chi connectivity index (χ1n) is 8.93. The molecule has 2 aliphatic rings. The van der Waals surface area contributed by atoms with Crippen molar-refractivity contribution in [3.8, 4) is 0 Å². The number of likely N-dealkylation sites (tertiary alicyclic amines) is 1. The maximum atomic E-state index is 13.3. The molecule has 4 nitrogen and oxygen atoms in total. The molecule has 3 heterocycles. The third-order valence-electron chi connectivity index (χ3n) is 5.07. The molecule has 1 amide bonds. The number of carbonyl (C=O) groups is 1. The predicted octanol–water partition coefficient (Wildman–Crippen LogP) is 4.64. The van der Waals surface area contributed by atoms with Gasteiger partial charge >= 0.3 is 0 Å². The summed E-state index contributed by atoms with van der Waals surface area (Å²) in [5.41, 5.74) is 2.75. The average molecular weight is 406 g/mol. The second-order valence-corrected chi connectivity index (χ2v) is 7.90. The normalized spacial score (nSPS) is 19.0. The van der Waals surface area contributed by atoms with Crippen LogP contribution in [0.15, 0.2) is 35.3 Å². The van der Waals surface area contributed by atoms with Crippen LogP contribution in [-0.2, 0) is 17.6 Å². The van der Waals surface area contributed by atoms with Gasteiger partial charge in [0.1, 0.15) is 0 Å². The van der Waals surface area contributed by atoms with Crippen molar-refractivity contribution in [1.29, 1.82) is 0 Å². The summed E-state index contributed by atoms with van der Waals surface area (Å²) in [6, 6.07) is 8.29. The first kappa shape index (κ1) is 18.4. The Bertz CT molecular complexity index is 911. The van der Waals surface area contributed by atoms with Gasteiger partial charge in [0.15, 0.2) is 5.82 Å². The lowest BCUT2D eigenvalue weighted by Crippen LogP contribution is -2.43. The van der Waals surface area contributed by atoms with Gasteiger partial charge in [0.25, 0.3) is 0 Å². The van der Waals surface area contributed by atoms with Crippen LogP contribution in [-0.4, -0.2) is 34.6 Å². The van der Waals surface area contributed by atoms with Crippen molar-refractivity contribution in [1.82, 2.24) is 9.88 Å². The summed E-state index contributed by atoms with van der Waals surface area (Å²) in [6.45, 7) is 1.36. The topological polar surface area (TPSA) is 45.6 Å². The SMILES string of the molecule is O=C(Cc1cc(Cl)cc(Cl)c1)N1CCCC(C2=Nc3nc(F)ccc3C2)C1. The lowest BCUT2D eigenvalue weighted by molar-refractivity contribution is -0.131. The molecule has 1 atom stereocenters. The molecule has 0 saturated carbocycles. The number of aliphatic imine (C=N–C) groups is 1. The van der Waals surface area contributed by atoms with Gasteiger partial charge < -0.3 is 4.90 Å². The monoisotopic (exact) mass is 405 g/mol. The Morgan fingerprint density at radius 3 is 2.78 bits per heavy atom. The van der Waals surface area contributed by atoms with Gasteiger partial charge in [0.2, 0.25) is 11.9 Å². The molecule has 2 aromatic rings. The van der Waals surface area contributed by atoms with Crippen molar-refractivity contribution in [2.45, 2.75) is 25.7 Å². The van der Waals surface area contributed by atoms with Crippen molar-refractivity contribution in [3.63, 3.8) is 0 Å². The zero-order valence-corrected chi connectivity index (χ0v) is 16.1. The second-order valence-electron chi connectivity index (χ2n) is 7.03. The Kier molecular flexibility index (Phi) is 5.15. The van der Waals surface area contributed by atoms with Crippen LogP contribution in [0.1, 0.15) is 24.0 Å². The van der Waals surface area contributed by atoms with Crippen molar-refractivity contribution >= 4 is 40.6 Å². The summed E-state index contributed by atoms with van der Waals surface area (Å²) in [5, 5.41) is 1.05. The van der Waals surface area contributed by atoms with Gasteiger partial charge in [-0.2, -0.15) is 9.37 Å². The third kappa shape index (κ3) is 4.14. The fourth-order valence-electron chi connectivity index (χ4n) is 3.77. The number of fused-ring (bicyclic) bond motifs is 1. The van der Waals surface area contributed by atoms with E-state index in [4.69, 9.17) is 23.2 Å². The molecule has 1 saturated heterocycles. The van der Waals surface area contributed by atoms with Gasteiger partial charge in [0.05, 0.1) is 6.42 Å². The van der Waals surface area contributed by atoms with E-state index in [-0.39, 0.29) is 18.2 Å². The van der Waals surface area contributed by atoms with Crippen LogP contribution >= 0.6 is 23.2 Å². The minimum absolute atomic E-state index is 0.0540. The Morgan fingerprint density at radius 2 is 2.00 bits per heavy atom. The van der Waals surface area contributed by atoms with E-state index in [1.54, 1.807) is 24.3 Å². The lowest BCUT2D eigenvalue weighted by Gasteiger charge is -2.33. The number of pyridine rings is 1. The molecule has 1 aromatic heterocycles. The van der Waals surface area contributed by atoms with E-state index in [9.17, 15) is 9.18 Å². The zero-order chi connectivity index (χ0) is 19.0. The Labute approximate surface area is 167 Å². The van der Waals surface area contributed by atoms with E-state index < -0.39 is 5.95 Å². The molecule has 140 valence electrons. The highest BCUT2D eigenvalue weighted by atomic mass is 35.5. The summed E-state index contributed by atoms with van der Waals surface area (Å²) < 4.78 is 13.3. The van der Waals surface area contributed by atoms with E-state index in [0.29, 0.717) is 28.8 Å². The average Bonchev–Trinajstić information content (AvgIpc) is 3.04. The van der Waals surface area contributed by atoms with Crippen LogP contribution in [0.5, 0.6) is 0 Å². The molecule has 0 spiro atoms. The highest BCUT2D eigenvalue weighted by molar-refractivity contribution is 6.34. The van der Waals surface area contributed by atoms with E-state index in [2.05, 4.69) is 9.98 Å². The van der Waals surface area contributed by atoms with Crippen LogP contribution in [0.25, 0.3) is 0 Å². The van der Waals surface area contributed by atoms with Crippen LogP contribution < -0.4 is 0 Å². The minimum Gasteiger partial charge on any atom is -0.342 e. The van der Waals surface area contributed by atoms with E-state index >= 15 is 0 Å². The number of hydrogen-bond acceptors (Lipinski definition) is 3. The van der Waals surface area contributed by atoms with Crippen molar-refractivity contribution < 1.29 is 9.18 Å². The number of carbonyl (C=O) groups excluding carboxylic acids is 1. The smallest absolute Gasteiger partial charge is 0.227 e. The second kappa shape index (κ2) is 7.56. The summed E-state index contributed by atoms with van der Waals surface area (Å²) >= 11 is 12.1. The van der Waals surface area contributed by atoms with Crippen LogP contribution in [0.3, 0.4) is 0 Å². The van der Waals surface area contributed by atoms with E-state index in [1.165, 1.54) is 6.07 Å². The lowest BCUT2D eigenvalue weighted by atomic mass is 9.90. The molecule has 0 aliphatic carbocycles. The van der Waals surface area contributed by atoms with Crippen molar-refractivity contribution in [2.75, 3.05) is 13.1 Å². The van der Waals surface area contributed by atoms with Crippen LogP contribution in [0.4, 0.5) is 10.2 Å². The quantitative estimate of drug-likeness (QED) is 0.698. The number of hydrogen-bond donors (Lipinski definition) is 0. The van der Waals surface area contributed by atoms with Gasteiger partial charge in [0, 0.05) is 46.7 Å². The van der Waals surface area contributed by atoms with Crippen LogP contribution in [0, 0.1) is 11.9 Å². The molecular formula is C20H18Cl2FN3O. The minimum atomic E-state index is -0.514. The van der Waals surface area contributed by atoms with Gasteiger partial charge in [-0.15, -0.1) is 0 Å². The van der Waals surface area contributed by atoms with Gasteiger partial charge in [-0.3, -0.25) is 4.79 Å². The number of piperidine rings is 1. The number of halogens is 3. The molecule has 1 aromatic carbocycles. The number of aromatic nitrogens is 1. The van der Waals surface area contributed by atoms with Gasteiger partial charge in [-0.1, -0.05) is 29.3 Å². The van der Waals surface area contributed by atoms with E-state index in [1.807, 2.05) is 4.90 Å². The summed E-state index contributed by atoms with van der Waals surface area (Å²) in [7, 11) is 0. The van der Waals surface area contributed by atoms with Crippen molar-refractivity contribution in [3.05, 3.63) is 57.5 Å². The molecule has 27 heavy (non-hydrogen) atoms. The van der Waals surface area contributed by atoms with Crippen molar-refractivity contribution in [2.24, 2.45) is 10.9 Å². The summed E-state index contributed by atoms with van der Waals surface area (Å²) in [4.78, 5) is 23.0. The molecule has 2 aliphatic heterocycles. The van der Waals surface area contributed by atoms with Crippen LogP contribution in [0.2, 0.25) is 10.0 Å². The molecule has 0 radical (unpaired) electrons. The number of rotatable bonds is 3. The van der Waals surface area contributed by atoms with Gasteiger partial charge in [-0.05, 0) is 42.7 Å². The first-order valence-corrected chi connectivity index (χ1v) is 9.69. The molecule has 0 N–H and O–H groups in total. The standard InChI is InChI=1S/C20H18Cl2FN3O/c21-15-6-12(7-16(22)10-15)8-19(27)26-5-1-2-14(11-26)17-9-13-3-4-18(23)25-20(13)24-17/h3-4,6-7,10,14H,1-2,5,8-9,11H2. The number of amides is 1. The first-order chi connectivity index (χ1) is 13.0. The maximum Gasteiger partial charge on any atom is 0.227 e. The number of nitrogens with zero attached hydrogens (tertiary/aromatic N) is 3. The molecular weight excluding hydrogens is 388 g/mol. The molecule has 7 heteroatoms. The highest BCUT2D eigenvalue weighted by Crippen LogP contribution is 2.30. The predicted molar refractivity (Wildman–Crippen MR) is 104 cm³/mol. The fraction of sp³-hybridized carbons (Fsp3) is 0.350. The zero-order valence-electron chi connectivity index (χ0n) is 14.6. The Morgan fingerprint density at radius 1 is 1.22 bits per heavy atom. The Hall–Kier alpha value is -1.98.